The maximum Gasteiger partial charge on any atom is 0.272 e. The molecular weight excluding hydrogens is 276 g/mol. The zero-order chi connectivity index (χ0) is 14.3. The van der Waals surface area contributed by atoms with Crippen LogP contribution in [0.2, 0.25) is 0 Å². The van der Waals surface area contributed by atoms with Crippen LogP contribution in [-0.4, -0.2) is 45.7 Å². The van der Waals surface area contributed by atoms with Crippen molar-refractivity contribution in [2.45, 2.75) is 26.1 Å². The lowest BCUT2D eigenvalue weighted by atomic mass is 10.1. The normalized spacial score (nSPS) is 27.0. The lowest BCUT2D eigenvalue weighted by Gasteiger charge is -2.35. The van der Waals surface area contributed by atoms with Crippen molar-refractivity contribution in [1.82, 2.24) is 8.61 Å². The van der Waals surface area contributed by atoms with Gasteiger partial charge in [0.05, 0.1) is 35.5 Å². The Kier molecular flexibility index (Phi) is 3.54. The zero-order valence-corrected chi connectivity index (χ0v) is 12.2. The molecule has 6 heteroatoms. The van der Waals surface area contributed by atoms with Gasteiger partial charge >= 0.3 is 0 Å². The summed E-state index contributed by atoms with van der Waals surface area (Å²) in [6, 6.07) is 6.94. The number of benzene rings is 1. The average molecular weight is 292 g/mol. The molecule has 0 radical (unpaired) electrons. The van der Waals surface area contributed by atoms with Gasteiger partial charge in [-0.1, -0.05) is 12.1 Å². The molecule has 0 aromatic heterocycles. The maximum atomic E-state index is 12.3. The SMILES string of the molecule is CC1CN(SN2C(=O)c3ccccc3C2=O)CC(C)O1. The predicted octanol–water partition coefficient (Wildman–Crippen LogP) is 1.96. The van der Waals surface area contributed by atoms with Gasteiger partial charge in [-0.2, -0.15) is 0 Å². The summed E-state index contributed by atoms with van der Waals surface area (Å²) in [5, 5.41) is 0. The number of imide groups is 1. The lowest BCUT2D eigenvalue weighted by Crippen LogP contribution is -2.44. The van der Waals surface area contributed by atoms with E-state index in [0.717, 1.165) is 0 Å². The van der Waals surface area contributed by atoms with Gasteiger partial charge in [0.2, 0.25) is 0 Å². The molecule has 106 valence electrons. The van der Waals surface area contributed by atoms with E-state index in [1.807, 2.05) is 18.2 Å². The summed E-state index contributed by atoms with van der Waals surface area (Å²) in [6.07, 6.45) is 0.197. The molecular formula is C14H16N2O3S. The summed E-state index contributed by atoms with van der Waals surface area (Å²) >= 11 is 1.20. The van der Waals surface area contributed by atoms with E-state index < -0.39 is 0 Å². The van der Waals surface area contributed by atoms with Crippen molar-refractivity contribution < 1.29 is 14.3 Å². The molecule has 1 saturated heterocycles. The van der Waals surface area contributed by atoms with Crippen LogP contribution in [0.5, 0.6) is 0 Å². The first-order chi connectivity index (χ1) is 9.56. The molecule has 2 unspecified atom stereocenters. The van der Waals surface area contributed by atoms with Crippen molar-refractivity contribution in [2.24, 2.45) is 0 Å². The van der Waals surface area contributed by atoms with Gasteiger partial charge in [-0.05, 0) is 26.0 Å². The first-order valence-corrected chi connectivity index (χ1v) is 7.35. The van der Waals surface area contributed by atoms with E-state index in [4.69, 9.17) is 4.74 Å². The zero-order valence-electron chi connectivity index (χ0n) is 11.4. The Morgan fingerprint density at radius 2 is 1.55 bits per heavy atom. The van der Waals surface area contributed by atoms with Crippen LogP contribution in [-0.2, 0) is 4.74 Å². The Morgan fingerprint density at radius 3 is 2.05 bits per heavy atom. The number of ether oxygens (including phenoxy) is 1. The average Bonchev–Trinajstić information content (AvgIpc) is 2.64. The van der Waals surface area contributed by atoms with Crippen LogP contribution in [0.15, 0.2) is 24.3 Å². The first-order valence-electron chi connectivity index (χ1n) is 6.62. The molecule has 20 heavy (non-hydrogen) atoms. The molecule has 2 amide bonds. The minimum absolute atomic E-state index is 0.0985. The Labute approximate surface area is 122 Å². The molecule has 1 fully saturated rings. The van der Waals surface area contributed by atoms with Gasteiger partial charge in [0.1, 0.15) is 0 Å². The summed E-state index contributed by atoms with van der Waals surface area (Å²) < 4.78 is 8.91. The molecule has 0 saturated carbocycles. The second kappa shape index (κ2) is 5.20. The van der Waals surface area contributed by atoms with Crippen LogP contribution < -0.4 is 0 Å². The van der Waals surface area contributed by atoms with Crippen LogP contribution >= 0.6 is 12.1 Å². The second-order valence-electron chi connectivity index (χ2n) is 5.14. The number of hydrogen-bond donors (Lipinski definition) is 0. The van der Waals surface area contributed by atoms with Gasteiger partial charge in [-0.15, -0.1) is 0 Å². The largest absolute Gasteiger partial charge is 0.373 e. The fourth-order valence-electron chi connectivity index (χ4n) is 2.55. The van der Waals surface area contributed by atoms with Gasteiger partial charge < -0.3 is 4.74 Å². The van der Waals surface area contributed by atoms with Gasteiger partial charge in [-0.25, -0.2) is 8.61 Å². The standard InChI is InChI=1S/C14H16N2O3S/c1-9-7-15(8-10(2)19-9)20-16-13(17)11-5-3-4-6-12(11)14(16)18/h3-6,9-10H,7-8H2,1-2H3. The lowest BCUT2D eigenvalue weighted by molar-refractivity contribution is -0.0420. The maximum absolute atomic E-state index is 12.3. The summed E-state index contributed by atoms with van der Waals surface area (Å²) in [4.78, 5) is 24.5. The number of rotatable bonds is 2. The van der Waals surface area contributed by atoms with E-state index in [0.29, 0.717) is 24.2 Å². The molecule has 2 aliphatic heterocycles. The Hall–Kier alpha value is -1.37. The molecule has 2 atom stereocenters. The molecule has 1 aromatic rings. The van der Waals surface area contributed by atoms with Crippen molar-refractivity contribution in [3.05, 3.63) is 35.4 Å². The molecule has 2 aliphatic rings. The summed E-state index contributed by atoms with van der Waals surface area (Å²) in [6.45, 7) is 5.38. The monoisotopic (exact) mass is 292 g/mol. The van der Waals surface area contributed by atoms with Crippen molar-refractivity contribution in [1.29, 1.82) is 0 Å². The quantitative estimate of drug-likeness (QED) is 0.616. The van der Waals surface area contributed by atoms with Crippen LogP contribution in [0, 0.1) is 0 Å². The Balaban J connectivity index is 1.76. The highest BCUT2D eigenvalue weighted by molar-refractivity contribution is 7.95. The van der Waals surface area contributed by atoms with Gasteiger partial charge in [0, 0.05) is 13.1 Å². The number of carbonyl (C=O) groups excluding carboxylic acids is 2. The van der Waals surface area contributed by atoms with Crippen molar-refractivity contribution in [2.75, 3.05) is 13.1 Å². The number of amides is 2. The van der Waals surface area contributed by atoms with E-state index >= 15 is 0 Å². The Bertz CT molecular complexity index is 518. The third kappa shape index (κ3) is 2.34. The summed E-state index contributed by atoms with van der Waals surface area (Å²) in [7, 11) is 0. The van der Waals surface area contributed by atoms with E-state index in [2.05, 4.69) is 0 Å². The minimum Gasteiger partial charge on any atom is -0.373 e. The van der Waals surface area contributed by atoms with Crippen LogP contribution in [0.4, 0.5) is 0 Å². The highest BCUT2D eigenvalue weighted by Crippen LogP contribution is 2.31. The number of hydrogen-bond acceptors (Lipinski definition) is 5. The molecule has 0 spiro atoms. The minimum atomic E-state index is -0.234. The van der Waals surface area contributed by atoms with Crippen molar-refractivity contribution in [3.63, 3.8) is 0 Å². The number of morpholine rings is 1. The molecule has 0 aliphatic carbocycles. The molecule has 5 nitrogen and oxygen atoms in total. The van der Waals surface area contributed by atoms with Gasteiger partial charge in [0.15, 0.2) is 0 Å². The van der Waals surface area contributed by atoms with E-state index in [1.54, 1.807) is 24.3 Å². The highest BCUT2D eigenvalue weighted by atomic mass is 32.2. The summed E-state index contributed by atoms with van der Waals surface area (Å²) in [5.41, 5.74) is 0.971. The van der Waals surface area contributed by atoms with Crippen LogP contribution in [0.25, 0.3) is 0 Å². The molecule has 1 aromatic carbocycles. The fraction of sp³-hybridized carbons (Fsp3) is 0.429. The Morgan fingerprint density at radius 1 is 1.05 bits per heavy atom. The second-order valence-corrected chi connectivity index (χ2v) is 6.18. The highest BCUT2D eigenvalue weighted by Gasteiger charge is 2.38. The summed E-state index contributed by atoms with van der Waals surface area (Å²) in [5.74, 6) is -0.468. The first kappa shape index (κ1) is 13.6. The fourth-order valence-corrected chi connectivity index (χ4v) is 3.68. The third-order valence-electron chi connectivity index (χ3n) is 3.34. The molecule has 3 rings (SSSR count). The van der Waals surface area contributed by atoms with Gasteiger partial charge in [-0.3, -0.25) is 9.59 Å². The smallest absolute Gasteiger partial charge is 0.272 e. The van der Waals surface area contributed by atoms with E-state index in [1.165, 1.54) is 16.4 Å². The molecule has 0 bridgehead atoms. The van der Waals surface area contributed by atoms with Crippen LogP contribution in [0.3, 0.4) is 0 Å². The van der Waals surface area contributed by atoms with Crippen molar-refractivity contribution >= 4 is 23.9 Å². The topological polar surface area (TPSA) is 49.9 Å². The van der Waals surface area contributed by atoms with Crippen LogP contribution in [0.1, 0.15) is 34.6 Å². The van der Waals surface area contributed by atoms with E-state index in [9.17, 15) is 9.59 Å². The number of carbonyl (C=O) groups is 2. The van der Waals surface area contributed by atoms with Crippen molar-refractivity contribution in [3.8, 4) is 0 Å². The number of fused-ring (bicyclic) bond motifs is 1. The third-order valence-corrected chi connectivity index (χ3v) is 4.36. The molecule has 2 heterocycles. The van der Waals surface area contributed by atoms with E-state index in [-0.39, 0.29) is 24.0 Å². The molecule has 0 N–H and O–H groups in total. The number of nitrogens with zero attached hydrogens (tertiary/aromatic N) is 2. The predicted molar refractivity (Wildman–Crippen MR) is 76.1 cm³/mol. The van der Waals surface area contributed by atoms with Gasteiger partial charge in [0.25, 0.3) is 11.8 Å².